The molecule has 0 bridgehead atoms. The largest absolute Gasteiger partial charge is 0.354 e. The Kier molecular flexibility index (Phi) is 5.23. The Hall–Kier alpha value is -2.11. The van der Waals surface area contributed by atoms with Crippen LogP contribution in [0, 0.1) is 0 Å². The van der Waals surface area contributed by atoms with Crippen LogP contribution >= 0.6 is 0 Å². The fourth-order valence-corrected chi connectivity index (χ4v) is 3.04. The SMILES string of the molecule is CNC(=O)c1ccc(C2CCCCN2C(=O)C(F)=C(C)C)n1C. The first-order chi connectivity index (χ1) is 10.9. The van der Waals surface area contributed by atoms with Gasteiger partial charge in [-0.15, -0.1) is 0 Å². The number of halogens is 1. The number of piperidine rings is 1. The normalized spacial score (nSPS) is 17.8. The van der Waals surface area contributed by atoms with Crippen LogP contribution in [0.4, 0.5) is 4.39 Å². The van der Waals surface area contributed by atoms with Crippen molar-refractivity contribution in [1.82, 2.24) is 14.8 Å². The highest BCUT2D eigenvalue weighted by molar-refractivity contribution is 5.93. The van der Waals surface area contributed by atoms with E-state index < -0.39 is 11.7 Å². The summed E-state index contributed by atoms with van der Waals surface area (Å²) in [6.45, 7) is 3.72. The maximum absolute atomic E-state index is 14.1. The van der Waals surface area contributed by atoms with Gasteiger partial charge in [0.05, 0.1) is 6.04 Å². The molecule has 2 amide bonds. The second kappa shape index (κ2) is 6.98. The Labute approximate surface area is 136 Å². The van der Waals surface area contributed by atoms with E-state index in [0.29, 0.717) is 17.8 Å². The third-order valence-electron chi connectivity index (χ3n) is 4.35. The van der Waals surface area contributed by atoms with Crippen molar-refractivity contribution < 1.29 is 14.0 Å². The van der Waals surface area contributed by atoms with Crippen molar-refractivity contribution in [2.75, 3.05) is 13.6 Å². The second-order valence-corrected chi connectivity index (χ2v) is 6.11. The van der Waals surface area contributed by atoms with Crippen LogP contribution in [0.25, 0.3) is 0 Å². The Bertz CT molecular complexity index is 644. The Balaban J connectivity index is 2.36. The predicted molar refractivity (Wildman–Crippen MR) is 86.6 cm³/mol. The summed E-state index contributed by atoms with van der Waals surface area (Å²) in [5, 5.41) is 2.60. The molecule has 1 aliphatic rings. The van der Waals surface area contributed by atoms with Gasteiger partial charge in [0, 0.05) is 26.3 Å². The van der Waals surface area contributed by atoms with E-state index in [1.165, 1.54) is 0 Å². The standard InChI is InChI=1S/C17H24FN3O2/c1-11(2)15(18)17(23)21-10-6-5-7-13(21)12-8-9-14(20(12)4)16(22)19-3/h8-9,13H,5-7,10H2,1-4H3,(H,19,22). The molecule has 0 saturated carbocycles. The number of hydrogen-bond donors (Lipinski definition) is 1. The first kappa shape index (κ1) is 17.2. The van der Waals surface area contributed by atoms with Crippen LogP contribution in [-0.2, 0) is 11.8 Å². The number of allylic oxidation sites excluding steroid dienone is 1. The molecule has 1 aliphatic heterocycles. The van der Waals surface area contributed by atoms with Gasteiger partial charge in [0.25, 0.3) is 11.8 Å². The number of amides is 2. The summed E-state index contributed by atoms with van der Waals surface area (Å²) in [7, 11) is 3.38. The molecule has 0 radical (unpaired) electrons. The number of carbonyl (C=O) groups is 2. The predicted octanol–water partition coefficient (Wildman–Crippen LogP) is 2.70. The van der Waals surface area contributed by atoms with Crippen LogP contribution < -0.4 is 5.32 Å². The van der Waals surface area contributed by atoms with E-state index in [2.05, 4.69) is 5.32 Å². The molecule has 1 aromatic heterocycles. The molecule has 0 aromatic carbocycles. The number of nitrogens with one attached hydrogen (secondary N) is 1. The maximum Gasteiger partial charge on any atom is 0.283 e. The average molecular weight is 321 g/mol. The van der Waals surface area contributed by atoms with Gasteiger partial charge in [-0.05, 0) is 50.8 Å². The van der Waals surface area contributed by atoms with Crippen molar-refractivity contribution in [1.29, 1.82) is 0 Å². The summed E-state index contributed by atoms with van der Waals surface area (Å²) < 4.78 is 15.9. The van der Waals surface area contributed by atoms with E-state index in [1.54, 1.807) is 43.5 Å². The summed E-state index contributed by atoms with van der Waals surface area (Å²) in [5.41, 5.74) is 1.78. The lowest BCUT2D eigenvalue weighted by Crippen LogP contribution is -2.39. The molecule has 1 N–H and O–H groups in total. The highest BCUT2D eigenvalue weighted by Crippen LogP contribution is 2.33. The maximum atomic E-state index is 14.1. The zero-order chi connectivity index (χ0) is 17.1. The molecular formula is C17H24FN3O2. The lowest BCUT2D eigenvalue weighted by atomic mass is 9.98. The Morgan fingerprint density at radius 2 is 1.96 bits per heavy atom. The fourth-order valence-electron chi connectivity index (χ4n) is 3.04. The number of likely N-dealkylation sites (tertiary alicyclic amines) is 1. The molecule has 0 spiro atoms. The monoisotopic (exact) mass is 321 g/mol. The first-order valence-electron chi connectivity index (χ1n) is 7.90. The molecule has 1 saturated heterocycles. The highest BCUT2D eigenvalue weighted by Gasteiger charge is 2.32. The van der Waals surface area contributed by atoms with Crippen molar-refractivity contribution >= 4 is 11.8 Å². The van der Waals surface area contributed by atoms with Gasteiger partial charge in [0.15, 0.2) is 5.83 Å². The lowest BCUT2D eigenvalue weighted by molar-refractivity contribution is -0.132. The van der Waals surface area contributed by atoms with Gasteiger partial charge >= 0.3 is 0 Å². The molecule has 1 atom stereocenters. The van der Waals surface area contributed by atoms with Crippen molar-refractivity contribution in [2.45, 2.75) is 39.2 Å². The molecule has 5 nitrogen and oxygen atoms in total. The van der Waals surface area contributed by atoms with Gasteiger partial charge in [-0.1, -0.05) is 0 Å². The third-order valence-corrected chi connectivity index (χ3v) is 4.35. The summed E-state index contributed by atoms with van der Waals surface area (Å²) in [5.74, 6) is -1.42. The van der Waals surface area contributed by atoms with Crippen molar-refractivity contribution in [3.8, 4) is 0 Å². The van der Waals surface area contributed by atoms with Gasteiger partial charge in [0.2, 0.25) is 0 Å². The average Bonchev–Trinajstić information content (AvgIpc) is 2.94. The van der Waals surface area contributed by atoms with Gasteiger partial charge in [-0.25, -0.2) is 4.39 Å². The van der Waals surface area contributed by atoms with Gasteiger partial charge in [-0.2, -0.15) is 0 Å². The number of nitrogens with zero attached hydrogens (tertiary/aromatic N) is 2. The van der Waals surface area contributed by atoms with Crippen LogP contribution in [0.2, 0.25) is 0 Å². The topological polar surface area (TPSA) is 54.3 Å². The summed E-state index contributed by atoms with van der Waals surface area (Å²) in [6.07, 6.45) is 2.61. The van der Waals surface area contributed by atoms with Gasteiger partial charge in [0.1, 0.15) is 5.69 Å². The van der Waals surface area contributed by atoms with Crippen LogP contribution in [0.1, 0.15) is 55.3 Å². The van der Waals surface area contributed by atoms with Crippen molar-refractivity contribution in [2.24, 2.45) is 7.05 Å². The van der Waals surface area contributed by atoms with Crippen molar-refractivity contribution in [3.05, 3.63) is 34.9 Å². The molecule has 2 heterocycles. The zero-order valence-corrected chi connectivity index (χ0v) is 14.1. The van der Waals surface area contributed by atoms with Gasteiger partial charge < -0.3 is 14.8 Å². The van der Waals surface area contributed by atoms with Crippen molar-refractivity contribution in [3.63, 3.8) is 0 Å². The van der Waals surface area contributed by atoms with Gasteiger partial charge in [-0.3, -0.25) is 9.59 Å². The number of hydrogen-bond acceptors (Lipinski definition) is 2. The number of aromatic nitrogens is 1. The molecule has 6 heteroatoms. The molecule has 1 unspecified atom stereocenters. The second-order valence-electron chi connectivity index (χ2n) is 6.11. The Morgan fingerprint density at radius 1 is 1.26 bits per heavy atom. The summed E-state index contributed by atoms with van der Waals surface area (Å²) in [6, 6.07) is 3.38. The lowest BCUT2D eigenvalue weighted by Gasteiger charge is -2.36. The molecular weight excluding hydrogens is 297 g/mol. The van der Waals surface area contributed by atoms with Crippen LogP contribution in [0.3, 0.4) is 0 Å². The molecule has 1 aromatic rings. The Morgan fingerprint density at radius 3 is 2.57 bits per heavy atom. The fraction of sp³-hybridized carbons (Fsp3) is 0.529. The smallest absolute Gasteiger partial charge is 0.283 e. The molecule has 1 fully saturated rings. The minimum atomic E-state index is -0.683. The third kappa shape index (κ3) is 3.30. The number of carbonyl (C=O) groups excluding carboxylic acids is 2. The first-order valence-corrected chi connectivity index (χ1v) is 7.90. The van der Waals surface area contributed by atoms with Crippen LogP contribution in [0.15, 0.2) is 23.5 Å². The minimum Gasteiger partial charge on any atom is -0.354 e. The zero-order valence-electron chi connectivity index (χ0n) is 14.1. The van der Waals surface area contributed by atoms with E-state index >= 15 is 0 Å². The molecule has 0 aliphatic carbocycles. The summed E-state index contributed by atoms with van der Waals surface area (Å²) >= 11 is 0. The molecule has 2 rings (SSSR count). The van der Waals surface area contributed by atoms with E-state index in [-0.39, 0.29) is 11.9 Å². The quantitative estimate of drug-likeness (QED) is 0.870. The highest BCUT2D eigenvalue weighted by atomic mass is 19.1. The van der Waals surface area contributed by atoms with E-state index in [9.17, 15) is 14.0 Å². The minimum absolute atomic E-state index is 0.178. The number of rotatable bonds is 3. The molecule has 23 heavy (non-hydrogen) atoms. The summed E-state index contributed by atoms with van der Waals surface area (Å²) in [4.78, 5) is 25.9. The molecule has 126 valence electrons. The van der Waals surface area contributed by atoms with E-state index in [0.717, 1.165) is 25.0 Å². The van der Waals surface area contributed by atoms with E-state index in [1.807, 2.05) is 6.07 Å². The van der Waals surface area contributed by atoms with Crippen LogP contribution in [-0.4, -0.2) is 34.9 Å². The van der Waals surface area contributed by atoms with Crippen LogP contribution in [0.5, 0.6) is 0 Å². The van der Waals surface area contributed by atoms with E-state index in [4.69, 9.17) is 0 Å².